The first-order chi connectivity index (χ1) is 7.71. The second kappa shape index (κ2) is 9.23. The van der Waals surface area contributed by atoms with Gasteiger partial charge in [0.05, 0.1) is 19.0 Å². The highest BCUT2D eigenvalue weighted by molar-refractivity contribution is 8.00. The van der Waals surface area contributed by atoms with Gasteiger partial charge < -0.3 is 14.3 Å². The summed E-state index contributed by atoms with van der Waals surface area (Å²) in [5, 5.41) is 3.45. The monoisotopic (exact) mass is 247 g/mol. The molecule has 0 radical (unpaired) electrons. The molecule has 0 saturated carbocycles. The number of carbonyl (C=O) groups excluding carboxylic acids is 1. The van der Waals surface area contributed by atoms with Crippen LogP contribution in [0.25, 0.3) is 0 Å². The van der Waals surface area contributed by atoms with Gasteiger partial charge in [0.15, 0.2) is 5.71 Å². The fourth-order valence-corrected chi connectivity index (χ4v) is 1.87. The molecule has 0 saturated heterocycles. The Morgan fingerprint density at radius 3 is 2.62 bits per heavy atom. The molecule has 0 aromatic carbocycles. The van der Waals surface area contributed by atoms with E-state index in [1.165, 1.54) is 26.0 Å². The molecule has 1 atom stereocenters. The first-order valence-electron chi connectivity index (χ1n) is 4.62. The third-order valence-corrected chi connectivity index (χ3v) is 2.81. The van der Waals surface area contributed by atoms with E-state index in [4.69, 9.17) is 4.74 Å². The lowest BCUT2D eigenvalue weighted by Crippen LogP contribution is -2.31. The van der Waals surface area contributed by atoms with Crippen LogP contribution < -0.4 is 0 Å². The maximum Gasteiger partial charge on any atom is 0.357 e. The lowest BCUT2D eigenvalue weighted by molar-refractivity contribution is -0.133. The van der Waals surface area contributed by atoms with E-state index in [0.29, 0.717) is 12.4 Å². The van der Waals surface area contributed by atoms with Crippen molar-refractivity contribution in [3.8, 4) is 0 Å². The second-order valence-corrected chi connectivity index (χ2v) is 3.95. The second-order valence-electron chi connectivity index (χ2n) is 2.72. The van der Waals surface area contributed by atoms with Crippen molar-refractivity contribution in [1.29, 1.82) is 0 Å². The van der Waals surface area contributed by atoms with E-state index in [1.807, 2.05) is 0 Å². The highest BCUT2D eigenvalue weighted by atomic mass is 32.2. The summed E-state index contributed by atoms with van der Waals surface area (Å²) in [6, 6.07) is 0. The zero-order valence-electron chi connectivity index (χ0n) is 9.76. The van der Waals surface area contributed by atoms with Crippen LogP contribution in [0.15, 0.2) is 17.8 Å². The van der Waals surface area contributed by atoms with Gasteiger partial charge in [0.1, 0.15) is 7.11 Å². The predicted octanol–water partition coefficient (Wildman–Crippen LogP) is 1.10. The maximum atomic E-state index is 11.5. The number of thioether (sulfide) groups is 1. The van der Waals surface area contributed by atoms with Crippen LogP contribution in [-0.4, -0.2) is 50.6 Å². The van der Waals surface area contributed by atoms with Gasteiger partial charge in [0.25, 0.3) is 0 Å². The maximum absolute atomic E-state index is 11.5. The van der Waals surface area contributed by atoms with Crippen LogP contribution in [0.1, 0.15) is 0 Å². The van der Waals surface area contributed by atoms with E-state index in [9.17, 15) is 4.79 Å². The molecule has 16 heavy (non-hydrogen) atoms. The van der Waals surface area contributed by atoms with Crippen LogP contribution >= 0.6 is 11.8 Å². The number of rotatable bonds is 8. The van der Waals surface area contributed by atoms with E-state index < -0.39 is 5.97 Å². The molecule has 1 unspecified atom stereocenters. The van der Waals surface area contributed by atoms with Gasteiger partial charge in [-0.1, -0.05) is 11.2 Å². The molecule has 0 aromatic rings. The molecule has 0 fully saturated rings. The van der Waals surface area contributed by atoms with E-state index in [-0.39, 0.29) is 11.0 Å². The highest BCUT2D eigenvalue weighted by Crippen LogP contribution is 2.14. The van der Waals surface area contributed by atoms with Crippen molar-refractivity contribution in [2.45, 2.75) is 5.25 Å². The average molecular weight is 247 g/mol. The van der Waals surface area contributed by atoms with Crippen LogP contribution in [0.5, 0.6) is 0 Å². The Balaban J connectivity index is 4.71. The minimum atomic E-state index is -0.513. The van der Waals surface area contributed by atoms with Gasteiger partial charge in [-0.3, -0.25) is 0 Å². The van der Waals surface area contributed by atoms with Crippen LogP contribution in [0.3, 0.4) is 0 Å². The SMILES string of the molecule is C=CCSC(COC)C(=NOC)C(=O)OC. The molecule has 5 nitrogen and oxygen atoms in total. The molecule has 0 aliphatic carbocycles. The lowest BCUT2D eigenvalue weighted by Gasteiger charge is -2.14. The van der Waals surface area contributed by atoms with Gasteiger partial charge in [-0.15, -0.1) is 18.3 Å². The Bertz CT molecular complexity index is 255. The van der Waals surface area contributed by atoms with Crippen molar-refractivity contribution in [1.82, 2.24) is 0 Å². The molecule has 0 aromatic heterocycles. The summed E-state index contributed by atoms with van der Waals surface area (Å²) in [6.07, 6.45) is 1.75. The fraction of sp³-hybridized carbons (Fsp3) is 0.600. The van der Waals surface area contributed by atoms with Crippen molar-refractivity contribution < 1.29 is 19.1 Å². The summed E-state index contributed by atoms with van der Waals surface area (Å²) in [5.74, 6) is 0.175. The molecule has 6 heteroatoms. The number of methoxy groups -OCH3 is 2. The Morgan fingerprint density at radius 1 is 1.50 bits per heavy atom. The highest BCUT2D eigenvalue weighted by Gasteiger charge is 2.25. The molecular weight excluding hydrogens is 230 g/mol. The molecule has 0 aliphatic heterocycles. The third-order valence-electron chi connectivity index (χ3n) is 1.62. The summed E-state index contributed by atoms with van der Waals surface area (Å²) in [5.41, 5.74) is 0.207. The van der Waals surface area contributed by atoms with Crippen LogP contribution in [0.4, 0.5) is 0 Å². The molecule has 0 bridgehead atoms. The first-order valence-corrected chi connectivity index (χ1v) is 5.66. The largest absolute Gasteiger partial charge is 0.464 e. The molecule has 0 aliphatic rings. The minimum absolute atomic E-state index is 0.207. The summed E-state index contributed by atoms with van der Waals surface area (Å²) in [4.78, 5) is 16.1. The standard InChI is InChI=1S/C10H17NO4S/c1-5-6-16-8(7-13-2)9(11-15-4)10(12)14-3/h5,8H,1,6-7H2,2-4H3. The van der Waals surface area contributed by atoms with E-state index in [2.05, 4.69) is 21.3 Å². The van der Waals surface area contributed by atoms with Gasteiger partial charge in [-0.2, -0.15) is 0 Å². The third kappa shape index (κ3) is 5.18. The van der Waals surface area contributed by atoms with Crippen LogP contribution in [-0.2, 0) is 19.1 Å². The molecule has 0 amide bonds. The number of carbonyl (C=O) groups is 1. The lowest BCUT2D eigenvalue weighted by atomic mass is 10.3. The Hall–Kier alpha value is -1.01. The van der Waals surface area contributed by atoms with Gasteiger partial charge in [-0.25, -0.2) is 4.79 Å². The minimum Gasteiger partial charge on any atom is -0.464 e. The molecule has 0 spiro atoms. The Kier molecular flexibility index (Phi) is 8.65. The molecule has 92 valence electrons. The molecule has 0 N–H and O–H groups in total. The van der Waals surface area contributed by atoms with Crippen molar-refractivity contribution in [3.63, 3.8) is 0 Å². The predicted molar refractivity (Wildman–Crippen MR) is 64.8 cm³/mol. The van der Waals surface area contributed by atoms with E-state index in [1.54, 1.807) is 13.2 Å². The van der Waals surface area contributed by atoms with Gasteiger partial charge in [0, 0.05) is 12.9 Å². The van der Waals surface area contributed by atoms with E-state index in [0.717, 1.165) is 0 Å². The van der Waals surface area contributed by atoms with Gasteiger partial charge >= 0.3 is 5.97 Å². The van der Waals surface area contributed by atoms with Gasteiger partial charge in [-0.05, 0) is 0 Å². The summed E-state index contributed by atoms with van der Waals surface area (Å²) in [7, 11) is 4.24. The fourth-order valence-electron chi connectivity index (χ4n) is 0.972. The number of oxime groups is 1. The average Bonchev–Trinajstić information content (AvgIpc) is 2.31. The summed E-state index contributed by atoms with van der Waals surface area (Å²) < 4.78 is 9.65. The summed E-state index contributed by atoms with van der Waals surface area (Å²) in [6.45, 7) is 3.97. The smallest absolute Gasteiger partial charge is 0.357 e. The Labute approximate surface area is 99.8 Å². The van der Waals surface area contributed by atoms with Crippen molar-refractivity contribution in [3.05, 3.63) is 12.7 Å². The molecule has 0 rings (SSSR count). The number of nitrogens with zero attached hydrogens (tertiary/aromatic N) is 1. The topological polar surface area (TPSA) is 57.1 Å². The summed E-state index contributed by atoms with van der Waals surface area (Å²) >= 11 is 1.48. The van der Waals surface area contributed by atoms with E-state index >= 15 is 0 Å². The molecular formula is C10H17NO4S. The first kappa shape index (κ1) is 15.0. The number of esters is 1. The Morgan fingerprint density at radius 2 is 2.19 bits per heavy atom. The van der Waals surface area contributed by atoms with Gasteiger partial charge in [0.2, 0.25) is 0 Å². The van der Waals surface area contributed by atoms with Crippen molar-refractivity contribution in [2.75, 3.05) is 33.7 Å². The zero-order valence-corrected chi connectivity index (χ0v) is 10.6. The van der Waals surface area contributed by atoms with Crippen LogP contribution in [0.2, 0.25) is 0 Å². The zero-order chi connectivity index (χ0) is 12.4. The normalized spacial score (nSPS) is 13.1. The van der Waals surface area contributed by atoms with Crippen molar-refractivity contribution >= 4 is 23.4 Å². The number of hydrogen-bond acceptors (Lipinski definition) is 6. The molecule has 0 heterocycles. The number of hydrogen-bond donors (Lipinski definition) is 0. The number of ether oxygens (including phenoxy) is 2. The van der Waals surface area contributed by atoms with Crippen LogP contribution in [0, 0.1) is 0 Å². The van der Waals surface area contributed by atoms with Crippen molar-refractivity contribution in [2.24, 2.45) is 5.16 Å². The quantitative estimate of drug-likeness (QED) is 0.278.